The third-order valence-electron chi connectivity index (χ3n) is 2.78. The topological polar surface area (TPSA) is 3.24 Å². The van der Waals surface area contributed by atoms with Crippen LogP contribution in [0.25, 0.3) is 0 Å². The molecule has 0 amide bonds. The summed E-state index contributed by atoms with van der Waals surface area (Å²) in [5.41, 5.74) is 1.52. The van der Waals surface area contributed by atoms with Gasteiger partial charge in [0.2, 0.25) is 0 Å². The largest absolute Gasteiger partial charge is 0.375 e. The van der Waals surface area contributed by atoms with Gasteiger partial charge in [0.15, 0.2) is 0 Å². The summed E-state index contributed by atoms with van der Waals surface area (Å²) in [4.78, 5) is 2.57. The molecule has 0 aromatic rings. The molecule has 0 aromatic carbocycles. The molecule has 0 saturated carbocycles. The van der Waals surface area contributed by atoms with Crippen molar-refractivity contribution in [1.82, 2.24) is 4.90 Å². The van der Waals surface area contributed by atoms with Gasteiger partial charge in [0.1, 0.15) is 0 Å². The van der Waals surface area contributed by atoms with Crippen LogP contribution in [0.1, 0.15) is 60.3 Å². The Labute approximate surface area is 96.6 Å². The van der Waals surface area contributed by atoms with E-state index < -0.39 is 0 Å². The van der Waals surface area contributed by atoms with E-state index in [1.807, 2.05) is 0 Å². The highest BCUT2D eigenvalue weighted by molar-refractivity contribution is 5.02. The molecule has 0 unspecified atom stereocenters. The number of unbranched alkanes of at least 4 members (excludes halogenated alkanes) is 2. The van der Waals surface area contributed by atoms with E-state index in [0.29, 0.717) is 5.92 Å². The fraction of sp³-hybridized carbons (Fsp3) is 0.857. The van der Waals surface area contributed by atoms with Crippen molar-refractivity contribution in [1.29, 1.82) is 0 Å². The second kappa shape index (κ2) is 8.82. The van der Waals surface area contributed by atoms with E-state index >= 15 is 0 Å². The summed E-state index contributed by atoms with van der Waals surface area (Å²) >= 11 is 0. The minimum Gasteiger partial charge on any atom is -0.375 e. The summed E-state index contributed by atoms with van der Waals surface area (Å²) in [6.45, 7) is 13.7. The van der Waals surface area contributed by atoms with Gasteiger partial charge in [-0.2, -0.15) is 0 Å². The van der Waals surface area contributed by atoms with Crippen LogP contribution in [0.4, 0.5) is 0 Å². The predicted molar refractivity (Wildman–Crippen MR) is 70.0 cm³/mol. The zero-order valence-corrected chi connectivity index (χ0v) is 11.3. The van der Waals surface area contributed by atoms with Gasteiger partial charge in [-0.25, -0.2) is 0 Å². The molecule has 15 heavy (non-hydrogen) atoms. The van der Waals surface area contributed by atoms with Crippen LogP contribution in [0.2, 0.25) is 0 Å². The first kappa shape index (κ1) is 14.5. The molecular formula is C14H29N. The van der Waals surface area contributed by atoms with Gasteiger partial charge in [0.05, 0.1) is 0 Å². The van der Waals surface area contributed by atoms with Crippen LogP contribution >= 0.6 is 0 Å². The fourth-order valence-corrected chi connectivity index (χ4v) is 2.07. The maximum Gasteiger partial charge on any atom is 0.0174 e. The molecule has 1 nitrogen and oxygen atoms in total. The fourth-order valence-electron chi connectivity index (χ4n) is 2.07. The van der Waals surface area contributed by atoms with E-state index in [-0.39, 0.29) is 0 Å². The van der Waals surface area contributed by atoms with Crippen molar-refractivity contribution >= 4 is 0 Å². The van der Waals surface area contributed by atoms with Crippen LogP contribution in [0.15, 0.2) is 11.8 Å². The first-order valence-electron chi connectivity index (χ1n) is 6.58. The van der Waals surface area contributed by atoms with E-state index in [4.69, 9.17) is 0 Å². The average molecular weight is 211 g/mol. The Morgan fingerprint density at radius 3 is 2.13 bits per heavy atom. The SMILES string of the molecule is C/C=C(\C(C)C)N(CCC)CCCCC. The zero-order chi connectivity index (χ0) is 11.7. The molecule has 0 saturated heterocycles. The van der Waals surface area contributed by atoms with Crippen molar-refractivity contribution < 1.29 is 0 Å². The van der Waals surface area contributed by atoms with Crippen LogP contribution in [-0.2, 0) is 0 Å². The van der Waals surface area contributed by atoms with Gasteiger partial charge in [-0.15, -0.1) is 0 Å². The molecule has 90 valence electrons. The van der Waals surface area contributed by atoms with Crippen LogP contribution < -0.4 is 0 Å². The Balaban J connectivity index is 4.22. The standard InChI is InChI=1S/C14H29N/c1-6-9-10-12-15(11-7-2)14(8-3)13(4)5/h8,13H,6-7,9-12H2,1-5H3/b14-8+. The maximum atomic E-state index is 2.57. The molecule has 0 atom stereocenters. The summed E-state index contributed by atoms with van der Waals surface area (Å²) < 4.78 is 0. The third kappa shape index (κ3) is 5.86. The second-order valence-electron chi connectivity index (χ2n) is 4.56. The number of hydrogen-bond donors (Lipinski definition) is 0. The van der Waals surface area contributed by atoms with Crippen LogP contribution in [0.5, 0.6) is 0 Å². The van der Waals surface area contributed by atoms with E-state index in [1.54, 1.807) is 0 Å². The van der Waals surface area contributed by atoms with Gasteiger partial charge in [-0.05, 0) is 25.7 Å². The summed E-state index contributed by atoms with van der Waals surface area (Å²) in [7, 11) is 0. The van der Waals surface area contributed by atoms with Crippen LogP contribution in [0.3, 0.4) is 0 Å². The van der Waals surface area contributed by atoms with Crippen LogP contribution in [0, 0.1) is 5.92 Å². The Hall–Kier alpha value is -0.460. The molecule has 0 aliphatic carbocycles. The molecule has 0 aliphatic rings. The number of hydrogen-bond acceptors (Lipinski definition) is 1. The predicted octanol–water partition coefficient (Wildman–Crippen LogP) is 4.45. The maximum absolute atomic E-state index is 2.57. The van der Waals surface area contributed by atoms with Crippen molar-refractivity contribution in [2.24, 2.45) is 5.92 Å². The van der Waals surface area contributed by atoms with E-state index in [0.717, 1.165) is 0 Å². The molecule has 0 spiro atoms. The first-order chi connectivity index (χ1) is 7.17. The van der Waals surface area contributed by atoms with E-state index in [9.17, 15) is 0 Å². The highest BCUT2D eigenvalue weighted by Gasteiger charge is 2.10. The molecule has 0 radical (unpaired) electrons. The normalized spacial score (nSPS) is 12.3. The van der Waals surface area contributed by atoms with E-state index in [1.165, 1.54) is 44.5 Å². The smallest absolute Gasteiger partial charge is 0.0174 e. The molecule has 0 bridgehead atoms. The van der Waals surface area contributed by atoms with Gasteiger partial charge < -0.3 is 4.90 Å². The van der Waals surface area contributed by atoms with Gasteiger partial charge >= 0.3 is 0 Å². The molecule has 0 fully saturated rings. The zero-order valence-electron chi connectivity index (χ0n) is 11.3. The first-order valence-corrected chi connectivity index (χ1v) is 6.58. The van der Waals surface area contributed by atoms with Gasteiger partial charge in [0.25, 0.3) is 0 Å². The molecule has 1 heteroatoms. The average Bonchev–Trinajstić information content (AvgIpc) is 2.18. The minimum atomic E-state index is 0.656. The monoisotopic (exact) mass is 211 g/mol. The van der Waals surface area contributed by atoms with Crippen molar-refractivity contribution in [3.63, 3.8) is 0 Å². The minimum absolute atomic E-state index is 0.656. The highest BCUT2D eigenvalue weighted by atomic mass is 15.1. The number of nitrogens with zero attached hydrogens (tertiary/aromatic N) is 1. The lowest BCUT2D eigenvalue weighted by atomic mass is 10.1. The van der Waals surface area contributed by atoms with Crippen molar-refractivity contribution in [3.05, 3.63) is 11.8 Å². The number of rotatable bonds is 8. The second-order valence-corrected chi connectivity index (χ2v) is 4.56. The van der Waals surface area contributed by atoms with Crippen molar-refractivity contribution in [3.8, 4) is 0 Å². The molecule has 0 aromatic heterocycles. The molecule has 0 heterocycles. The highest BCUT2D eigenvalue weighted by Crippen LogP contribution is 2.16. The number of allylic oxidation sites excluding steroid dienone is 2. The van der Waals surface area contributed by atoms with Crippen molar-refractivity contribution in [2.75, 3.05) is 13.1 Å². The van der Waals surface area contributed by atoms with Gasteiger partial charge in [0, 0.05) is 18.8 Å². The molecule has 0 aliphatic heterocycles. The van der Waals surface area contributed by atoms with Gasteiger partial charge in [-0.1, -0.05) is 46.6 Å². The summed E-state index contributed by atoms with van der Waals surface area (Å²) in [5, 5.41) is 0. The van der Waals surface area contributed by atoms with Gasteiger partial charge in [-0.3, -0.25) is 0 Å². The Bertz CT molecular complexity index is 170. The molecule has 0 rings (SSSR count). The van der Waals surface area contributed by atoms with E-state index in [2.05, 4.69) is 45.6 Å². The summed E-state index contributed by atoms with van der Waals surface area (Å²) in [6.07, 6.45) is 7.53. The quantitative estimate of drug-likeness (QED) is 0.536. The summed E-state index contributed by atoms with van der Waals surface area (Å²) in [5.74, 6) is 0.656. The van der Waals surface area contributed by atoms with Crippen LogP contribution in [-0.4, -0.2) is 18.0 Å². The van der Waals surface area contributed by atoms with Crippen molar-refractivity contribution in [2.45, 2.75) is 60.3 Å². The Morgan fingerprint density at radius 1 is 1.07 bits per heavy atom. The molecular weight excluding hydrogens is 182 g/mol. The summed E-state index contributed by atoms with van der Waals surface area (Å²) in [6, 6.07) is 0. The Kier molecular flexibility index (Phi) is 8.55. The lowest BCUT2D eigenvalue weighted by Crippen LogP contribution is -2.27. The Morgan fingerprint density at radius 2 is 1.73 bits per heavy atom. The lowest BCUT2D eigenvalue weighted by Gasteiger charge is -2.29. The molecule has 0 N–H and O–H groups in total. The lowest BCUT2D eigenvalue weighted by molar-refractivity contribution is 0.305. The third-order valence-corrected chi connectivity index (χ3v) is 2.78.